The van der Waals surface area contributed by atoms with E-state index in [1.165, 1.54) is 19.9 Å². The Morgan fingerprint density at radius 3 is 2.23 bits per heavy atom. The number of carbonyl (C=O) groups is 3. The molecule has 1 N–H and O–H groups in total. The van der Waals surface area contributed by atoms with Crippen molar-refractivity contribution in [3.05, 3.63) is 11.6 Å². The average molecular weight is 568 g/mol. The number of ether oxygens (including phenoxy) is 4. The van der Waals surface area contributed by atoms with Crippen LogP contribution in [0.15, 0.2) is 11.6 Å². The molecule has 230 valence electrons. The first kappa shape index (κ1) is 34.6. The van der Waals surface area contributed by atoms with Gasteiger partial charge in [0.05, 0.1) is 17.8 Å². The van der Waals surface area contributed by atoms with Gasteiger partial charge in [-0.3, -0.25) is 14.4 Å². The Balaban J connectivity index is 2.62. The van der Waals surface area contributed by atoms with Crippen LogP contribution in [0.25, 0.3) is 0 Å². The fourth-order valence-electron chi connectivity index (χ4n) is 6.44. The monoisotopic (exact) mass is 567 g/mol. The third-order valence-corrected chi connectivity index (χ3v) is 9.01. The van der Waals surface area contributed by atoms with Crippen molar-refractivity contribution in [3.63, 3.8) is 0 Å². The number of hydrogen-bond acceptors (Lipinski definition) is 9. The van der Waals surface area contributed by atoms with E-state index in [0.717, 1.165) is 6.42 Å². The Morgan fingerprint density at radius 1 is 1.10 bits per heavy atom. The highest BCUT2D eigenvalue weighted by Gasteiger charge is 2.49. The number of aliphatic hydroxyl groups is 1. The van der Waals surface area contributed by atoms with Crippen molar-refractivity contribution < 1.29 is 38.4 Å². The molecule has 2 aliphatic rings. The second kappa shape index (κ2) is 13.6. The summed E-state index contributed by atoms with van der Waals surface area (Å²) in [6.07, 6.45) is 0.410. The minimum Gasteiger partial charge on any atom is -0.458 e. The molecule has 9 nitrogen and oxygen atoms in total. The van der Waals surface area contributed by atoms with Crippen LogP contribution in [0.1, 0.15) is 81.6 Å². The van der Waals surface area contributed by atoms with Gasteiger partial charge in [-0.05, 0) is 79.6 Å². The fourth-order valence-corrected chi connectivity index (χ4v) is 6.44. The van der Waals surface area contributed by atoms with E-state index in [2.05, 4.69) is 11.8 Å². The molecule has 0 bridgehead atoms. The summed E-state index contributed by atoms with van der Waals surface area (Å²) in [7, 11) is 5.60. The first-order chi connectivity index (χ1) is 18.4. The van der Waals surface area contributed by atoms with E-state index in [1.54, 1.807) is 27.9 Å². The quantitative estimate of drug-likeness (QED) is 0.390. The van der Waals surface area contributed by atoms with Gasteiger partial charge in [0.25, 0.3) is 0 Å². The van der Waals surface area contributed by atoms with E-state index in [1.807, 2.05) is 34.9 Å². The van der Waals surface area contributed by atoms with E-state index in [4.69, 9.17) is 18.9 Å². The van der Waals surface area contributed by atoms with Crippen LogP contribution in [0.3, 0.4) is 0 Å². The molecular weight excluding hydrogens is 514 g/mol. The van der Waals surface area contributed by atoms with Crippen LogP contribution in [0.2, 0.25) is 0 Å². The Kier molecular flexibility index (Phi) is 11.7. The first-order valence-electron chi connectivity index (χ1n) is 14.6. The van der Waals surface area contributed by atoms with Gasteiger partial charge >= 0.3 is 5.97 Å². The lowest BCUT2D eigenvalue weighted by atomic mass is 9.76. The second-order valence-electron chi connectivity index (χ2n) is 12.8. The molecule has 0 aliphatic carbocycles. The predicted octanol–water partition coefficient (Wildman–Crippen LogP) is 3.95. The predicted molar refractivity (Wildman–Crippen MR) is 153 cm³/mol. The topological polar surface area (TPSA) is 112 Å². The van der Waals surface area contributed by atoms with E-state index in [0.29, 0.717) is 12.0 Å². The molecule has 0 aromatic heterocycles. The number of hydrogen-bond donors (Lipinski definition) is 1. The molecule has 1 fully saturated rings. The third kappa shape index (κ3) is 7.59. The molecule has 0 saturated carbocycles. The molecule has 2 heterocycles. The smallest absolute Gasteiger partial charge is 0.316 e. The summed E-state index contributed by atoms with van der Waals surface area (Å²) < 4.78 is 24.7. The van der Waals surface area contributed by atoms with Crippen molar-refractivity contribution in [1.82, 2.24) is 4.90 Å². The Morgan fingerprint density at radius 2 is 1.70 bits per heavy atom. The van der Waals surface area contributed by atoms with Crippen molar-refractivity contribution in [3.8, 4) is 0 Å². The zero-order chi connectivity index (χ0) is 30.7. The summed E-state index contributed by atoms with van der Waals surface area (Å²) in [6.45, 7) is 15.9. The van der Waals surface area contributed by atoms with Crippen LogP contribution in [0.5, 0.6) is 0 Å². The van der Waals surface area contributed by atoms with Crippen molar-refractivity contribution in [2.75, 3.05) is 21.2 Å². The highest BCUT2D eigenvalue weighted by atomic mass is 16.7. The number of rotatable bonds is 5. The number of ketones is 2. The minimum atomic E-state index is -1.59. The molecule has 0 spiro atoms. The number of esters is 1. The van der Waals surface area contributed by atoms with E-state index in [-0.39, 0.29) is 36.1 Å². The standard InChI is InChI=1S/C31H53NO8/c1-13-24-30(8,36)15-17(2)25(33)18(3)16-31(9,37-12)27(21(6)26(34)22(7)28(35)39-24)40-29-20(5)23(32(10)11)14-19(4)38-29/h15,18-24,27,29,36H,13-14,16H2,1-12H3/b17-15+/t18-,19?,20-,21+,22-,23?,24-,27-,29?,30+,31-/m1/s1. The summed E-state index contributed by atoms with van der Waals surface area (Å²) in [5.74, 6) is -3.67. The third-order valence-electron chi connectivity index (χ3n) is 9.01. The highest BCUT2D eigenvalue weighted by Crippen LogP contribution is 2.38. The first-order valence-corrected chi connectivity index (χ1v) is 14.6. The lowest BCUT2D eigenvalue weighted by Crippen LogP contribution is -2.57. The number of Topliss-reactive ketones (excluding diaryl/α,β-unsaturated/α-hetero) is 2. The molecule has 3 unspecified atom stereocenters. The molecule has 2 aliphatic heterocycles. The lowest BCUT2D eigenvalue weighted by molar-refractivity contribution is -0.280. The van der Waals surface area contributed by atoms with Gasteiger partial charge in [0, 0.05) is 30.9 Å². The zero-order valence-corrected chi connectivity index (χ0v) is 26.6. The Bertz CT molecular complexity index is 946. The number of allylic oxidation sites excluding steroid dienone is 1. The summed E-state index contributed by atoms with van der Waals surface area (Å²) >= 11 is 0. The van der Waals surface area contributed by atoms with Crippen molar-refractivity contribution in [1.29, 1.82) is 0 Å². The maximum atomic E-state index is 13.8. The van der Waals surface area contributed by atoms with E-state index >= 15 is 0 Å². The second-order valence-corrected chi connectivity index (χ2v) is 12.8. The molecular formula is C31H53NO8. The van der Waals surface area contributed by atoms with Gasteiger partial charge in [-0.15, -0.1) is 0 Å². The number of carbonyl (C=O) groups excluding carboxylic acids is 3. The molecule has 0 aromatic rings. The van der Waals surface area contributed by atoms with Crippen LogP contribution in [-0.2, 0) is 33.3 Å². The SMILES string of the molecule is CC[C@H]1OC(=O)[C@H](C)C(=O)[C@H](C)[C@@H](OC2OC(C)CC(N(C)C)[C@H]2C)[C@](C)(OC)C[C@@H](C)C(=O)/C(C)=C/[C@]1(C)O. The number of methoxy groups -OCH3 is 1. The van der Waals surface area contributed by atoms with Gasteiger partial charge in [-0.2, -0.15) is 0 Å². The molecule has 9 heteroatoms. The normalized spacial score (nSPS) is 44.1. The largest absolute Gasteiger partial charge is 0.458 e. The fraction of sp³-hybridized carbons (Fsp3) is 0.839. The summed E-state index contributed by atoms with van der Waals surface area (Å²) in [6, 6.07) is 0.202. The van der Waals surface area contributed by atoms with Gasteiger partial charge in [0.1, 0.15) is 17.6 Å². The number of cyclic esters (lactones) is 1. The van der Waals surface area contributed by atoms with Crippen molar-refractivity contribution in [2.24, 2.45) is 23.7 Å². The van der Waals surface area contributed by atoms with Crippen LogP contribution >= 0.6 is 0 Å². The Labute approximate surface area is 240 Å². The lowest BCUT2D eigenvalue weighted by Gasteiger charge is -2.47. The van der Waals surface area contributed by atoms with Crippen LogP contribution < -0.4 is 0 Å². The van der Waals surface area contributed by atoms with Crippen LogP contribution in [-0.4, -0.2) is 90.6 Å². The molecule has 0 aromatic carbocycles. The van der Waals surface area contributed by atoms with Crippen LogP contribution in [0, 0.1) is 23.7 Å². The highest BCUT2D eigenvalue weighted by molar-refractivity contribution is 6.00. The summed E-state index contributed by atoms with van der Waals surface area (Å²) in [5.41, 5.74) is -2.31. The molecule has 2 rings (SSSR count). The molecule has 0 radical (unpaired) electrons. The van der Waals surface area contributed by atoms with Crippen molar-refractivity contribution >= 4 is 17.5 Å². The van der Waals surface area contributed by atoms with Gasteiger partial charge in [-0.25, -0.2) is 0 Å². The number of nitrogens with zero attached hydrogens (tertiary/aromatic N) is 1. The van der Waals surface area contributed by atoms with E-state index < -0.39 is 53.4 Å². The summed E-state index contributed by atoms with van der Waals surface area (Å²) in [4.78, 5) is 42.7. The van der Waals surface area contributed by atoms with E-state index in [9.17, 15) is 19.5 Å². The van der Waals surface area contributed by atoms with Gasteiger partial charge in [0.2, 0.25) is 0 Å². The van der Waals surface area contributed by atoms with Gasteiger partial charge in [0.15, 0.2) is 17.9 Å². The molecule has 1 saturated heterocycles. The molecule has 40 heavy (non-hydrogen) atoms. The maximum Gasteiger partial charge on any atom is 0.316 e. The zero-order valence-electron chi connectivity index (χ0n) is 26.6. The molecule has 11 atom stereocenters. The van der Waals surface area contributed by atoms with Crippen molar-refractivity contribution in [2.45, 2.75) is 123 Å². The summed E-state index contributed by atoms with van der Waals surface area (Å²) in [5, 5.41) is 11.2. The molecule has 0 amide bonds. The van der Waals surface area contributed by atoms with Crippen LogP contribution in [0.4, 0.5) is 0 Å². The maximum absolute atomic E-state index is 13.8. The van der Waals surface area contributed by atoms with Gasteiger partial charge < -0.3 is 29.0 Å². The minimum absolute atomic E-state index is 0.0122. The van der Waals surface area contributed by atoms with Gasteiger partial charge in [-0.1, -0.05) is 27.7 Å². The Hall–Kier alpha value is -1.65. The average Bonchev–Trinajstić information content (AvgIpc) is 2.88.